The van der Waals surface area contributed by atoms with Crippen LogP contribution in [0.1, 0.15) is 47.9 Å². The predicted molar refractivity (Wildman–Crippen MR) is 163 cm³/mol. The molecule has 3 aromatic rings. The van der Waals surface area contributed by atoms with Crippen LogP contribution in [0.5, 0.6) is 11.5 Å². The van der Waals surface area contributed by atoms with Crippen LogP contribution in [-0.2, 0) is 0 Å². The van der Waals surface area contributed by atoms with Crippen molar-refractivity contribution in [3.63, 3.8) is 0 Å². The van der Waals surface area contributed by atoms with Crippen molar-refractivity contribution < 1.29 is 18.3 Å². The van der Waals surface area contributed by atoms with Gasteiger partial charge in [0.15, 0.2) is 0 Å². The molecule has 3 aromatic carbocycles. The summed E-state index contributed by atoms with van der Waals surface area (Å²) in [6.45, 7) is 2.71. The lowest BCUT2D eigenvalue weighted by Gasteiger charge is -2.32. The summed E-state index contributed by atoms with van der Waals surface area (Å²) in [4.78, 5) is 2.24. The summed E-state index contributed by atoms with van der Waals surface area (Å²) >= 11 is 6.84. The van der Waals surface area contributed by atoms with E-state index in [0.29, 0.717) is 17.4 Å². The van der Waals surface area contributed by atoms with Crippen LogP contribution in [-0.4, -0.2) is 50.9 Å². The van der Waals surface area contributed by atoms with E-state index in [1.165, 1.54) is 0 Å². The Morgan fingerprint density at radius 1 is 1.00 bits per heavy atom. The number of nitrogens with zero attached hydrogens (tertiary/aromatic N) is 1. The summed E-state index contributed by atoms with van der Waals surface area (Å²) in [5, 5.41) is 8.22. The van der Waals surface area contributed by atoms with Crippen LogP contribution in [0.25, 0.3) is 11.1 Å². The third-order valence-electron chi connectivity index (χ3n) is 8.24. The number of likely N-dealkylation sites (tertiary alicyclic amines) is 1. The second-order valence-corrected chi connectivity index (χ2v) is 11.3. The Morgan fingerprint density at radius 3 is 2.34 bits per heavy atom. The fourth-order valence-corrected chi connectivity index (χ4v) is 6.00. The van der Waals surface area contributed by atoms with E-state index < -0.39 is 5.97 Å². The maximum absolute atomic E-state index is 14.2. The average molecular weight is 580 g/mol. The molecule has 2 fully saturated rings. The first kappa shape index (κ1) is 29.1. The highest BCUT2D eigenvalue weighted by Crippen LogP contribution is 2.47. The first-order valence-corrected chi connectivity index (χ1v) is 14.5. The van der Waals surface area contributed by atoms with Crippen LogP contribution in [0.2, 0.25) is 5.02 Å². The smallest absolute Gasteiger partial charge is 0.214 e. The van der Waals surface area contributed by atoms with Gasteiger partial charge in [-0.25, -0.2) is 0 Å². The number of nitrogen functional groups attached to an aromatic ring is 1. The minimum absolute atomic E-state index is 0.0608. The Hall–Kier alpha value is -3.42. The minimum atomic E-state index is -1.07. The van der Waals surface area contributed by atoms with Gasteiger partial charge >= 0.3 is 0 Å². The summed E-state index contributed by atoms with van der Waals surface area (Å²) in [5.41, 5.74) is 10.9. The molecule has 1 heterocycles. The van der Waals surface area contributed by atoms with Crippen molar-refractivity contribution in [2.45, 2.75) is 25.7 Å². The highest BCUT2D eigenvalue weighted by molar-refractivity contribution is 6.33. The molecule has 5 rings (SSSR count). The summed E-state index contributed by atoms with van der Waals surface area (Å²) in [5.74, 6) is 0.746. The monoisotopic (exact) mass is 579 g/mol. The number of halogens is 3. The van der Waals surface area contributed by atoms with Crippen molar-refractivity contribution in [2.75, 3.05) is 45.8 Å². The molecule has 0 aromatic heterocycles. The third-order valence-corrected chi connectivity index (χ3v) is 8.55. The molecule has 1 saturated carbocycles. The Labute approximate surface area is 245 Å². The van der Waals surface area contributed by atoms with E-state index in [2.05, 4.69) is 4.90 Å². The van der Waals surface area contributed by atoms with Gasteiger partial charge in [0, 0.05) is 24.7 Å². The standard InChI is InChI=1S/C33H36ClF2N3O2/c1-40-26-10-11-27(29(34)18-26)32(22-3-2-4-22)31(24-7-12-30(37)28(17-24)33(36)38)23-5-8-25(9-6-23)41-16-15-39-14-13-21(19-35)20-39/h5-12,17-18,21-22,38H,2-4,13-16,19-20,37H2,1H3/b32-31+,38-33?. The van der Waals surface area contributed by atoms with Gasteiger partial charge in [-0.3, -0.25) is 14.7 Å². The van der Waals surface area contributed by atoms with Gasteiger partial charge in [0.05, 0.1) is 24.4 Å². The Morgan fingerprint density at radius 2 is 1.73 bits per heavy atom. The average Bonchev–Trinajstić information content (AvgIpc) is 3.41. The number of hydrogen-bond donors (Lipinski definition) is 2. The summed E-state index contributed by atoms with van der Waals surface area (Å²) in [7, 11) is 1.61. The molecule has 1 aliphatic heterocycles. The van der Waals surface area contributed by atoms with Crippen molar-refractivity contribution >= 4 is 34.4 Å². The van der Waals surface area contributed by atoms with E-state index in [1.54, 1.807) is 19.2 Å². The predicted octanol–water partition coefficient (Wildman–Crippen LogP) is 7.66. The van der Waals surface area contributed by atoms with E-state index >= 15 is 0 Å². The van der Waals surface area contributed by atoms with Crippen molar-refractivity contribution in [1.82, 2.24) is 4.90 Å². The SMILES string of the molecule is COc1ccc(/C(=C(\c2ccc(OCCN3CCC(CF)C3)cc2)c2ccc(N)c(C(=N)F)c2)C2CCC2)c(Cl)c1. The fourth-order valence-electron chi connectivity index (χ4n) is 5.73. The lowest BCUT2D eigenvalue weighted by atomic mass is 9.73. The molecule has 2 aliphatic rings. The second kappa shape index (κ2) is 13.0. The van der Waals surface area contributed by atoms with E-state index in [4.69, 9.17) is 32.2 Å². The van der Waals surface area contributed by atoms with Gasteiger partial charge in [-0.05, 0) is 102 Å². The highest BCUT2D eigenvalue weighted by atomic mass is 35.5. The molecule has 1 atom stereocenters. The molecule has 0 spiro atoms. The van der Waals surface area contributed by atoms with E-state index in [9.17, 15) is 8.78 Å². The summed E-state index contributed by atoms with van der Waals surface area (Å²) in [6, 6.07) is 18.7. The molecule has 0 bridgehead atoms. The highest BCUT2D eigenvalue weighted by Gasteiger charge is 2.29. The third kappa shape index (κ3) is 6.57. The van der Waals surface area contributed by atoms with Crippen molar-refractivity contribution in [1.29, 1.82) is 5.41 Å². The maximum Gasteiger partial charge on any atom is 0.214 e. The van der Waals surface area contributed by atoms with Crippen molar-refractivity contribution in [3.8, 4) is 11.5 Å². The Bertz CT molecular complexity index is 1420. The van der Waals surface area contributed by atoms with E-state index in [1.807, 2.05) is 48.5 Å². The molecule has 41 heavy (non-hydrogen) atoms. The van der Waals surface area contributed by atoms with Gasteiger partial charge in [-0.1, -0.05) is 36.2 Å². The number of alkyl halides is 1. The van der Waals surface area contributed by atoms with Gasteiger partial charge < -0.3 is 15.2 Å². The number of nitrogens with one attached hydrogen (secondary N) is 1. The largest absolute Gasteiger partial charge is 0.497 e. The van der Waals surface area contributed by atoms with Crippen molar-refractivity contribution in [3.05, 3.63) is 87.9 Å². The summed E-state index contributed by atoms with van der Waals surface area (Å²) < 4.78 is 38.6. The zero-order chi connectivity index (χ0) is 28.9. The summed E-state index contributed by atoms with van der Waals surface area (Å²) in [6.07, 6.45) is 4.05. The molecule has 216 valence electrons. The van der Waals surface area contributed by atoms with E-state index in [0.717, 1.165) is 78.9 Å². The van der Waals surface area contributed by atoms with Gasteiger partial charge in [-0.15, -0.1) is 0 Å². The van der Waals surface area contributed by atoms with Crippen molar-refractivity contribution in [2.24, 2.45) is 11.8 Å². The zero-order valence-electron chi connectivity index (χ0n) is 23.3. The molecule has 0 amide bonds. The molecule has 1 saturated heterocycles. The normalized spacial score (nSPS) is 18.1. The van der Waals surface area contributed by atoms with Crippen LogP contribution < -0.4 is 15.2 Å². The second-order valence-electron chi connectivity index (χ2n) is 10.9. The Balaban J connectivity index is 1.53. The quantitative estimate of drug-likeness (QED) is 0.139. The van der Waals surface area contributed by atoms with Crippen LogP contribution >= 0.6 is 11.6 Å². The molecule has 5 nitrogen and oxygen atoms in total. The first-order valence-electron chi connectivity index (χ1n) is 14.1. The molecule has 8 heteroatoms. The van der Waals surface area contributed by atoms with Gasteiger partial charge in [0.25, 0.3) is 0 Å². The lowest BCUT2D eigenvalue weighted by molar-refractivity contribution is 0.228. The van der Waals surface area contributed by atoms with Gasteiger partial charge in [0.2, 0.25) is 5.97 Å². The van der Waals surface area contributed by atoms with Gasteiger partial charge in [-0.2, -0.15) is 4.39 Å². The van der Waals surface area contributed by atoms with Gasteiger partial charge in [0.1, 0.15) is 18.1 Å². The number of rotatable bonds is 11. The molecule has 0 radical (unpaired) electrons. The van der Waals surface area contributed by atoms with E-state index in [-0.39, 0.29) is 29.8 Å². The molecular weight excluding hydrogens is 544 g/mol. The van der Waals surface area contributed by atoms with Crippen LogP contribution in [0.4, 0.5) is 14.5 Å². The number of methoxy groups -OCH3 is 1. The van der Waals surface area contributed by atoms with Crippen LogP contribution in [0, 0.1) is 17.2 Å². The maximum atomic E-state index is 14.2. The topological polar surface area (TPSA) is 71.6 Å². The number of ether oxygens (including phenoxy) is 2. The fraction of sp³-hybridized carbons (Fsp3) is 0.364. The Kier molecular flexibility index (Phi) is 9.25. The molecule has 1 unspecified atom stereocenters. The zero-order valence-corrected chi connectivity index (χ0v) is 24.0. The number of allylic oxidation sites excluding steroid dienone is 1. The number of anilines is 1. The van der Waals surface area contributed by atoms with Crippen LogP contribution in [0.15, 0.2) is 60.7 Å². The first-order chi connectivity index (χ1) is 19.9. The minimum Gasteiger partial charge on any atom is -0.497 e. The van der Waals surface area contributed by atoms with Crippen LogP contribution in [0.3, 0.4) is 0 Å². The lowest BCUT2D eigenvalue weighted by Crippen LogP contribution is -2.26. The molecular formula is C33H36ClF2N3O2. The molecule has 3 N–H and O–H groups in total. The number of hydrogen-bond acceptors (Lipinski definition) is 5. The number of benzene rings is 3. The molecule has 1 aliphatic carbocycles. The number of nitrogens with two attached hydrogens (primary N) is 1.